The molecule has 3 nitrogen and oxygen atoms in total. The average Bonchev–Trinajstić information content (AvgIpc) is 3.12. The SMILES string of the molecule is O=C(CCN1CCC(Cc2ccccc2)CC1)N1CCc2ccccc21. The van der Waals surface area contributed by atoms with E-state index in [0.717, 1.165) is 44.2 Å². The second kappa shape index (κ2) is 8.05. The number of anilines is 1. The Morgan fingerprint density at radius 3 is 2.46 bits per heavy atom. The molecule has 2 heterocycles. The number of fused-ring (bicyclic) bond motifs is 1. The van der Waals surface area contributed by atoms with Crippen molar-refractivity contribution in [3.05, 3.63) is 65.7 Å². The zero-order valence-corrected chi connectivity index (χ0v) is 15.4. The van der Waals surface area contributed by atoms with Crippen molar-refractivity contribution >= 4 is 11.6 Å². The van der Waals surface area contributed by atoms with Crippen LogP contribution in [0.15, 0.2) is 54.6 Å². The first-order valence-corrected chi connectivity index (χ1v) is 9.94. The van der Waals surface area contributed by atoms with Gasteiger partial charge in [-0.1, -0.05) is 48.5 Å². The van der Waals surface area contributed by atoms with Gasteiger partial charge < -0.3 is 9.80 Å². The quantitative estimate of drug-likeness (QED) is 0.818. The number of hydrogen-bond donors (Lipinski definition) is 0. The van der Waals surface area contributed by atoms with Crippen LogP contribution < -0.4 is 4.90 Å². The molecule has 26 heavy (non-hydrogen) atoms. The maximum absolute atomic E-state index is 12.7. The fourth-order valence-corrected chi connectivity index (χ4v) is 4.35. The molecule has 1 fully saturated rings. The van der Waals surface area contributed by atoms with Crippen molar-refractivity contribution in [2.75, 3.05) is 31.1 Å². The van der Waals surface area contributed by atoms with Crippen LogP contribution in [0.25, 0.3) is 0 Å². The number of benzene rings is 2. The van der Waals surface area contributed by atoms with E-state index < -0.39 is 0 Å². The summed E-state index contributed by atoms with van der Waals surface area (Å²) < 4.78 is 0. The molecule has 2 aliphatic heterocycles. The summed E-state index contributed by atoms with van der Waals surface area (Å²) in [5, 5.41) is 0. The molecular formula is C23H28N2O. The zero-order valence-electron chi connectivity index (χ0n) is 15.4. The summed E-state index contributed by atoms with van der Waals surface area (Å²) in [6.45, 7) is 4.00. The molecule has 136 valence electrons. The molecular weight excluding hydrogens is 320 g/mol. The Balaban J connectivity index is 1.22. The molecule has 2 aromatic rings. The van der Waals surface area contributed by atoms with Crippen LogP contribution >= 0.6 is 0 Å². The highest BCUT2D eigenvalue weighted by Crippen LogP contribution is 2.28. The van der Waals surface area contributed by atoms with Crippen molar-refractivity contribution in [2.24, 2.45) is 5.92 Å². The van der Waals surface area contributed by atoms with E-state index >= 15 is 0 Å². The molecule has 0 saturated carbocycles. The van der Waals surface area contributed by atoms with E-state index in [1.54, 1.807) is 0 Å². The Bertz CT molecular complexity index is 735. The van der Waals surface area contributed by atoms with Crippen LogP contribution in [0.5, 0.6) is 0 Å². The van der Waals surface area contributed by atoms with Gasteiger partial charge >= 0.3 is 0 Å². The van der Waals surface area contributed by atoms with Crippen LogP contribution in [0.4, 0.5) is 5.69 Å². The third-order valence-corrected chi connectivity index (χ3v) is 5.90. The van der Waals surface area contributed by atoms with E-state index in [2.05, 4.69) is 53.4 Å². The lowest BCUT2D eigenvalue weighted by atomic mass is 9.90. The summed E-state index contributed by atoms with van der Waals surface area (Å²) in [4.78, 5) is 17.1. The average molecular weight is 348 g/mol. The Hall–Kier alpha value is -2.13. The monoisotopic (exact) mass is 348 g/mol. The van der Waals surface area contributed by atoms with Gasteiger partial charge in [-0.3, -0.25) is 4.79 Å². The number of nitrogens with zero attached hydrogens (tertiary/aromatic N) is 2. The Kier molecular flexibility index (Phi) is 5.35. The highest BCUT2D eigenvalue weighted by atomic mass is 16.2. The third kappa shape index (κ3) is 3.99. The number of likely N-dealkylation sites (tertiary alicyclic amines) is 1. The van der Waals surface area contributed by atoms with Crippen molar-refractivity contribution < 1.29 is 4.79 Å². The molecule has 1 amide bonds. The van der Waals surface area contributed by atoms with Gasteiger partial charge in [-0.05, 0) is 61.9 Å². The molecule has 0 spiro atoms. The molecule has 1 saturated heterocycles. The number of para-hydroxylation sites is 1. The summed E-state index contributed by atoms with van der Waals surface area (Å²) in [5.74, 6) is 1.07. The van der Waals surface area contributed by atoms with E-state index in [9.17, 15) is 4.79 Å². The summed E-state index contributed by atoms with van der Waals surface area (Å²) >= 11 is 0. The maximum Gasteiger partial charge on any atom is 0.228 e. The van der Waals surface area contributed by atoms with Gasteiger partial charge in [-0.2, -0.15) is 0 Å². The lowest BCUT2D eigenvalue weighted by molar-refractivity contribution is -0.118. The molecule has 0 bridgehead atoms. The van der Waals surface area contributed by atoms with Gasteiger partial charge in [-0.25, -0.2) is 0 Å². The van der Waals surface area contributed by atoms with Gasteiger partial charge in [-0.15, -0.1) is 0 Å². The minimum atomic E-state index is 0.279. The number of rotatable bonds is 5. The highest BCUT2D eigenvalue weighted by molar-refractivity contribution is 5.95. The van der Waals surface area contributed by atoms with Crippen LogP contribution in [0.2, 0.25) is 0 Å². The topological polar surface area (TPSA) is 23.6 Å². The number of piperidine rings is 1. The van der Waals surface area contributed by atoms with Crippen molar-refractivity contribution in [1.82, 2.24) is 4.90 Å². The minimum absolute atomic E-state index is 0.279. The van der Waals surface area contributed by atoms with E-state index in [1.807, 2.05) is 11.0 Å². The third-order valence-electron chi connectivity index (χ3n) is 5.90. The van der Waals surface area contributed by atoms with Gasteiger partial charge in [0.15, 0.2) is 0 Å². The lowest BCUT2D eigenvalue weighted by Crippen LogP contribution is -2.38. The van der Waals surface area contributed by atoms with Crippen LogP contribution in [0.1, 0.15) is 30.4 Å². The second-order valence-corrected chi connectivity index (χ2v) is 7.65. The number of carbonyl (C=O) groups excluding carboxylic acids is 1. The molecule has 0 aliphatic carbocycles. The Labute approximate surface area is 156 Å². The normalized spacial score (nSPS) is 18.1. The summed E-state index contributed by atoms with van der Waals surface area (Å²) in [6.07, 6.45) is 5.31. The van der Waals surface area contributed by atoms with Gasteiger partial charge in [0.25, 0.3) is 0 Å². The number of amides is 1. The predicted molar refractivity (Wildman–Crippen MR) is 106 cm³/mol. The molecule has 0 atom stereocenters. The van der Waals surface area contributed by atoms with E-state index in [-0.39, 0.29) is 5.91 Å². The first-order chi connectivity index (χ1) is 12.8. The summed E-state index contributed by atoms with van der Waals surface area (Å²) in [7, 11) is 0. The molecule has 0 radical (unpaired) electrons. The molecule has 2 aromatic carbocycles. The molecule has 4 rings (SSSR count). The summed E-state index contributed by atoms with van der Waals surface area (Å²) in [5.41, 5.74) is 3.88. The first-order valence-electron chi connectivity index (χ1n) is 9.94. The lowest BCUT2D eigenvalue weighted by Gasteiger charge is -2.32. The molecule has 3 heteroatoms. The van der Waals surface area contributed by atoms with Crippen LogP contribution in [-0.4, -0.2) is 37.0 Å². The van der Waals surface area contributed by atoms with Crippen LogP contribution in [0.3, 0.4) is 0 Å². The molecule has 2 aliphatic rings. The largest absolute Gasteiger partial charge is 0.312 e. The minimum Gasteiger partial charge on any atom is -0.312 e. The predicted octanol–water partition coefficient (Wildman–Crippen LogP) is 3.92. The van der Waals surface area contributed by atoms with Crippen LogP contribution in [0, 0.1) is 5.92 Å². The molecule has 0 aromatic heterocycles. The van der Waals surface area contributed by atoms with E-state index in [4.69, 9.17) is 0 Å². The maximum atomic E-state index is 12.7. The standard InChI is InChI=1S/C23H28N2O/c26-23(25-17-12-21-8-4-5-9-22(21)25)13-16-24-14-10-20(11-15-24)18-19-6-2-1-3-7-19/h1-9,20H,10-18H2. The fourth-order valence-electron chi connectivity index (χ4n) is 4.35. The Morgan fingerprint density at radius 1 is 0.923 bits per heavy atom. The highest BCUT2D eigenvalue weighted by Gasteiger charge is 2.25. The van der Waals surface area contributed by atoms with Crippen molar-refractivity contribution in [3.8, 4) is 0 Å². The van der Waals surface area contributed by atoms with Gasteiger partial charge in [0.2, 0.25) is 5.91 Å². The smallest absolute Gasteiger partial charge is 0.228 e. The second-order valence-electron chi connectivity index (χ2n) is 7.65. The van der Waals surface area contributed by atoms with E-state index in [1.165, 1.54) is 30.4 Å². The van der Waals surface area contributed by atoms with Gasteiger partial charge in [0.05, 0.1) is 0 Å². The Morgan fingerprint density at radius 2 is 1.65 bits per heavy atom. The number of carbonyl (C=O) groups is 1. The van der Waals surface area contributed by atoms with Gasteiger partial charge in [0.1, 0.15) is 0 Å². The molecule has 0 unspecified atom stereocenters. The zero-order chi connectivity index (χ0) is 17.8. The van der Waals surface area contributed by atoms with E-state index in [0.29, 0.717) is 6.42 Å². The molecule has 0 N–H and O–H groups in total. The van der Waals surface area contributed by atoms with Crippen molar-refractivity contribution in [2.45, 2.75) is 32.1 Å². The van der Waals surface area contributed by atoms with Crippen molar-refractivity contribution in [1.29, 1.82) is 0 Å². The fraction of sp³-hybridized carbons (Fsp3) is 0.435. The first kappa shape index (κ1) is 17.3. The van der Waals surface area contributed by atoms with Gasteiger partial charge in [0, 0.05) is 25.2 Å². The number of hydrogen-bond acceptors (Lipinski definition) is 2. The van der Waals surface area contributed by atoms with Crippen molar-refractivity contribution in [3.63, 3.8) is 0 Å². The van der Waals surface area contributed by atoms with Crippen LogP contribution in [-0.2, 0) is 17.6 Å². The summed E-state index contributed by atoms with van der Waals surface area (Å²) in [6, 6.07) is 19.1.